The highest BCUT2D eigenvalue weighted by molar-refractivity contribution is 5.87. The molecular formula is C24H25NO3. The first kappa shape index (κ1) is 19.5. The molecule has 0 unspecified atom stereocenters. The number of nitrogens with zero attached hydrogens (tertiary/aromatic N) is 1. The minimum absolute atomic E-state index is 0.0373. The Hall–Kier alpha value is -3.27. The van der Waals surface area contributed by atoms with Crippen molar-refractivity contribution in [3.8, 4) is 11.5 Å². The molecule has 0 aliphatic rings. The third-order valence-corrected chi connectivity index (χ3v) is 4.79. The van der Waals surface area contributed by atoms with Gasteiger partial charge in [-0.1, -0.05) is 60.7 Å². The van der Waals surface area contributed by atoms with Crippen molar-refractivity contribution in [1.82, 2.24) is 4.90 Å². The molecule has 28 heavy (non-hydrogen) atoms. The molecule has 3 aromatic rings. The van der Waals surface area contributed by atoms with Crippen molar-refractivity contribution in [1.29, 1.82) is 0 Å². The molecule has 0 fully saturated rings. The first-order valence-corrected chi connectivity index (χ1v) is 9.19. The lowest BCUT2D eigenvalue weighted by molar-refractivity contribution is -0.131. The molecule has 0 radical (unpaired) electrons. The van der Waals surface area contributed by atoms with Gasteiger partial charge in [-0.05, 0) is 23.3 Å². The van der Waals surface area contributed by atoms with Gasteiger partial charge in [-0.25, -0.2) is 0 Å². The average Bonchev–Trinajstić information content (AvgIpc) is 2.75. The summed E-state index contributed by atoms with van der Waals surface area (Å²) in [6, 6.07) is 25.4. The van der Waals surface area contributed by atoms with Gasteiger partial charge >= 0.3 is 0 Å². The molecule has 0 saturated heterocycles. The van der Waals surface area contributed by atoms with Gasteiger partial charge in [0.15, 0.2) is 0 Å². The van der Waals surface area contributed by atoms with Crippen LogP contribution in [0.2, 0.25) is 0 Å². The molecule has 0 N–H and O–H groups in total. The molecule has 4 nitrogen and oxygen atoms in total. The van der Waals surface area contributed by atoms with Crippen molar-refractivity contribution in [3.05, 3.63) is 95.6 Å². The van der Waals surface area contributed by atoms with Crippen LogP contribution in [0.3, 0.4) is 0 Å². The second kappa shape index (κ2) is 9.09. The molecule has 0 aliphatic carbocycles. The van der Waals surface area contributed by atoms with E-state index in [2.05, 4.69) is 0 Å². The van der Waals surface area contributed by atoms with E-state index in [1.165, 1.54) is 0 Å². The zero-order valence-corrected chi connectivity index (χ0v) is 16.5. The molecular weight excluding hydrogens is 350 g/mol. The Balaban J connectivity index is 1.89. The fourth-order valence-electron chi connectivity index (χ4n) is 3.30. The summed E-state index contributed by atoms with van der Waals surface area (Å²) < 4.78 is 10.7. The summed E-state index contributed by atoms with van der Waals surface area (Å²) in [5, 5.41) is 0. The van der Waals surface area contributed by atoms with Crippen LogP contribution >= 0.6 is 0 Å². The molecule has 3 rings (SSSR count). The number of carbonyl (C=O) groups is 1. The van der Waals surface area contributed by atoms with Gasteiger partial charge in [-0.2, -0.15) is 0 Å². The number of hydrogen-bond acceptors (Lipinski definition) is 3. The van der Waals surface area contributed by atoms with E-state index in [0.29, 0.717) is 12.3 Å². The van der Waals surface area contributed by atoms with E-state index < -0.39 is 0 Å². The van der Waals surface area contributed by atoms with Gasteiger partial charge in [-0.15, -0.1) is 0 Å². The molecule has 3 aromatic carbocycles. The smallest absolute Gasteiger partial charge is 0.234 e. The maximum Gasteiger partial charge on any atom is 0.234 e. The van der Waals surface area contributed by atoms with Crippen LogP contribution in [0.25, 0.3) is 0 Å². The highest BCUT2D eigenvalue weighted by Crippen LogP contribution is 2.29. The quantitative estimate of drug-likeness (QED) is 0.611. The normalized spacial score (nSPS) is 10.6. The molecule has 0 aromatic heterocycles. The van der Waals surface area contributed by atoms with E-state index in [-0.39, 0.29) is 11.8 Å². The molecule has 144 valence electrons. The van der Waals surface area contributed by atoms with Gasteiger partial charge in [0.05, 0.1) is 20.1 Å². The lowest BCUT2D eigenvalue weighted by Crippen LogP contribution is -2.32. The maximum atomic E-state index is 13.4. The Kier molecular flexibility index (Phi) is 6.33. The fourth-order valence-corrected chi connectivity index (χ4v) is 3.30. The number of rotatable bonds is 7. The van der Waals surface area contributed by atoms with E-state index in [1.54, 1.807) is 19.1 Å². The molecule has 0 saturated carbocycles. The van der Waals surface area contributed by atoms with Crippen LogP contribution in [0.15, 0.2) is 78.9 Å². The topological polar surface area (TPSA) is 38.8 Å². The lowest BCUT2D eigenvalue weighted by Gasteiger charge is -2.25. The Bertz CT molecular complexity index is 870. The summed E-state index contributed by atoms with van der Waals surface area (Å²) in [5.41, 5.74) is 2.89. The number of hydrogen-bond donors (Lipinski definition) is 0. The maximum absolute atomic E-state index is 13.4. The Morgan fingerprint density at radius 2 is 1.43 bits per heavy atom. The third-order valence-electron chi connectivity index (χ3n) is 4.79. The molecule has 0 bridgehead atoms. The Labute approximate surface area is 166 Å². The second-order valence-electron chi connectivity index (χ2n) is 6.63. The van der Waals surface area contributed by atoms with E-state index in [4.69, 9.17) is 9.47 Å². The Morgan fingerprint density at radius 3 is 1.93 bits per heavy atom. The minimum Gasteiger partial charge on any atom is -0.497 e. The van der Waals surface area contributed by atoms with Gasteiger partial charge < -0.3 is 14.4 Å². The van der Waals surface area contributed by atoms with Gasteiger partial charge in [-0.3, -0.25) is 4.79 Å². The molecule has 0 spiro atoms. The van der Waals surface area contributed by atoms with Crippen LogP contribution < -0.4 is 9.47 Å². The minimum atomic E-state index is -0.350. The highest BCUT2D eigenvalue weighted by Gasteiger charge is 2.26. The van der Waals surface area contributed by atoms with E-state index in [9.17, 15) is 4.79 Å². The summed E-state index contributed by atoms with van der Waals surface area (Å²) in [6.45, 7) is 0.447. The predicted molar refractivity (Wildman–Crippen MR) is 111 cm³/mol. The number of amides is 1. The largest absolute Gasteiger partial charge is 0.497 e. The number of benzene rings is 3. The first-order valence-electron chi connectivity index (χ1n) is 9.19. The van der Waals surface area contributed by atoms with E-state index >= 15 is 0 Å². The lowest BCUT2D eigenvalue weighted by atomic mass is 9.90. The van der Waals surface area contributed by atoms with Crippen LogP contribution in [0.1, 0.15) is 22.6 Å². The monoisotopic (exact) mass is 375 g/mol. The summed E-state index contributed by atoms with van der Waals surface area (Å²) in [7, 11) is 5.07. The number of carbonyl (C=O) groups excluding carboxylic acids is 1. The van der Waals surface area contributed by atoms with Gasteiger partial charge in [0.25, 0.3) is 0 Å². The van der Waals surface area contributed by atoms with Crippen molar-refractivity contribution in [2.24, 2.45) is 0 Å². The number of methoxy groups -OCH3 is 2. The summed E-state index contributed by atoms with van der Waals surface area (Å²) >= 11 is 0. The average molecular weight is 375 g/mol. The number of ether oxygens (including phenoxy) is 2. The predicted octanol–water partition coefficient (Wildman–Crippen LogP) is 4.49. The van der Waals surface area contributed by atoms with Crippen LogP contribution in [-0.4, -0.2) is 32.1 Å². The summed E-state index contributed by atoms with van der Waals surface area (Å²) in [4.78, 5) is 15.2. The van der Waals surface area contributed by atoms with Gasteiger partial charge in [0.2, 0.25) is 5.91 Å². The van der Waals surface area contributed by atoms with Crippen LogP contribution in [0, 0.1) is 0 Å². The molecule has 4 heteroatoms. The van der Waals surface area contributed by atoms with Crippen molar-refractivity contribution < 1.29 is 14.3 Å². The second-order valence-corrected chi connectivity index (χ2v) is 6.63. The first-order chi connectivity index (χ1) is 13.6. The van der Waals surface area contributed by atoms with E-state index in [1.807, 2.05) is 85.9 Å². The van der Waals surface area contributed by atoms with Crippen molar-refractivity contribution in [2.75, 3.05) is 21.3 Å². The molecule has 0 heterocycles. The van der Waals surface area contributed by atoms with Crippen LogP contribution in [0.4, 0.5) is 0 Å². The summed E-state index contributed by atoms with van der Waals surface area (Å²) in [5.74, 6) is 1.11. The van der Waals surface area contributed by atoms with Crippen molar-refractivity contribution >= 4 is 5.91 Å². The van der Waals surface area contributed by atoms with Crippen LogP contribution in [-0.2, 0) is 11.3 Å². The fraction of sp³-hybridized carbons (Fsp3) is 0.208. The highest BCUT2D eigenvalue weighted by atomic mass is 16.5. The number of likely N-dealkylation sites (N-methyl/N-ethyl adjacent to an activating group) is 1. The van der Waals surface area contributed by atoms with Gasteiger partial charge in [0.1, 0.15) is 11.5 Å². The SMILES string of the molecule is COc1ccc(CN(C)C(=O)C(c2ccccc2)c2ccccc2)c(OC)c1. The van der Waals surface area contributed by atoms with Crippen molar-refractivity contribution in [2.45, 2.75) is 12.5 Å². The van der Waals surface area contributed by atoms with Gasteiger partial charge in [0, 0.05) is 25.2 Å². The van der Waals surface area contributed by atoms with E-state index in [0.717, 1.165) is 22.4 Å². The standard InChI is InChI=1S/C24H25NO3/c1-25(17-20-14-15-21(27-2)16-22(20)28-3)24(26)23(18-10-6-4-7-11-18)19-12-8-5-9-13-19/h4-16,23H,17H2,1-3H3. The molecule has 0 aliphatic heterocycles. The molecule has 0 atom stereocenters. The third kappa shape index (κ3) is 4.34. The van der Waals surface area contributed by atoms with Crippen molar-refractivity contribution in [3.63, 3.8) is 0 Å². The Morgan fingerprint density at radius 1 is 0.857 bits per heavy atom. The van der Waals surface area contributed by atoms with Crippen LogP contribution in [0.5, 0.6) is 11.5 Å². The zero-order valence-electron chi connectivity index (χ0n) is 16.5. The zero-order chi connectivity index (χ0) is 19.9. The molecule has 1 amide bonds. The summed E-state index contributed by atoms with van der Waals surface area (Å²) in [6.07, 6.45) is 0.